The van der Waals surface area contributed by atoms with E-state index in [-0.39, 0.29) is 22.9 Å². The minimum absolute atomic E-state index is 0.0408. The first-order chi connectivity index (χ1) is 14.7. The van der Waals surface area contributed by atoms with Crippen molar-refractivity contribution in [2.24, 2.45) is 0 Å². The predicted molar refractivity (Wildman–Crippen MR) is 115 cm³/mol. The van der Waals surface area contributed by atoms with Gasteiger partial charge in [0.05, 0.1) is 5.56 Å². The van der Waals surface area contributed by atoms with E-state index in [2.05, 4.69) is 5.32 Å². The first-order valence-corrected chi connectivity index (χ1v) is 11.4. The summed E-state index contributed by atoms with van der Waals surface area (Å²) in [7, 11) is -2.65. The maximum atomic E-state index is 13.3. The molecule has 3 amide bonds. The first-order valence-electron chi connectivity index (χ1n) is 9.94. The second-order valence-corrected chi connectivity index (χ2v) is 9.13. The summed E-state index contributed by atoms with van der Waals surface area (Å²) in [5, 5.41) is 2.55. The molecule has 0 aromatic heterocycles. The van der Waals surface area contributed by atoms with Crippen molar-refractivity contribution in [3.05, 3.63) is 65.2 Å². The van der Waals surface area contributed by atoms with Gasteiger partial charge in [0.25, 0.3) is 15.9 Å². The number of carbonyl (C=O) groups is 3. The molecule has 1 aliphatic rings. The van der Waals surface area contributed by atoms with Gasteiger partial charge in [-0.2, -0.15) is 0 Å². The van der Waals surface area contributed by atoms with Crippen LogP contribution in [0.15, 0.2) is 53.4 Å². The van der Waals surface area contributed by atoms with Gasteiger partial charge in [-0.1, -0.05) is 43.3 Å². The lowest BCUT2D eigenvalue weighted by Crippen LogP contribution is -2.51. The minimum Gasteiger partial charge on any atom is -0.357 e. The van der Waals surface area contributed by atoms with E-state index in [0.717, 1.165) is 11.1 Å². The van der Waals surface area contributed by atoms with Gasteiger partial charge in [-0.25, -0.2) is 12.7 Å². The Morgan fingerprint density at radius 1 is 1.10 bits per heavy atom. The van der Waals surface area contributed by atoms with Gasteiger partial charge < -0.3 is 10.2 Å². The minimum atomic E-state index is -4.13. The number of hydrogen-bond acceptors (Lipinski definition) is 5. The van der Waals surface area contributed by atoms with Crippen LogP contribution in [0.2, 0.25) is 0 Å². The molecule has 1 N–H and O–H groups in total. The van der Waals surface area contributed by atoms with E-state index >= 15 is 0 Å². The first kappa shape index (κ1) is 22.5. The van der Waals surface area contributed by atoms with Crippen molar-refractivity contribution in [2.75, 3.05) is 13.6 Å². The Morgan fingerprint density at radius 3 is 2.35 bits per heavy atom. The van der Waals surface area contributed by atoms with E-state index in [1.54, 1.807) is 13.0 Å². The Morgan fingerprint density at radius 2 is 1.74 bits per heavy atom. The summed E-state index contributed by atoms with van der Waals surface area (Å²) < 4.78 is 26.3. The SMILES string of the molecule is CCC(C(=O)NC)N(Cc1ccccc1C)C(=O)CN1C(=O)c2ccccc2S1(=O)=O. The van der Waals surface area contributed by atoms with E-state index in [1.807, 2.05) is 31.2 Å². The number of amides is 3. The van der Waals surface area contributed by atoms with Gasteiger partial charge in [0.2, 0.25) is 11.8 Å². The molecule has 9 heteroatoms. The molecular formula is C22H25N3O5S. The molecule has 2 aromatic rings. The van der Waals surface area contributed by atoms with Crippen molar-refractivity contribution in [3.8, 4) is 0 Å². The molecule has 1 atom stereocenters. The van der Waals surface area contributed by atoms with Gasteiger partial charge in [0, 0.05) is 13.6 Å². The molecule has 3 rings (SSSR count). The van der Waals surface area contributed by atoms with Gasteiger partial charge >= 0.3 is 0 Å². The Kier molecular flexibility index (Phi) is 6.45. The number of carbonyl (C=O) groups excluding carboxylic acids is 3. The van der Waals surface area contributed by atoms with Crippen molar-refractivity contribution >= 4 is 27.7 Å². The molecule has 0 bridgehead atoms. The molecule has 2 aromatic carbocycles. The lowest BCUT2D eigenvalue weighted by molar-refractivity contribution is -0.141. The summed E-state index contributed by atoms with van der Waals surface area (Å²) >= 11 is 0. The largest absolute Gasteiger partial charge is 0.357 e. The zero-order valence-electron chi connectivity index (χ0n) is 17.7. The molecule has 0 aliphatic carbocycles. The number of likely N-dealkylation sites (N-methyl/N-ethyl adjacent to an activating group) is 1. The fourth-order valence-electron chi connectivity index (χ4n) is 3.66. The summed E-state index contributed by atoms with van der Waals surface area (Å²) in [6.45, 7) is 3.11. The highest BCUT2D eigenvalue weighted by Gasteiger charge is 2.43. The van der Waals surface area contributed by atoms with E-state index in [1.165, 1.54) is 30.1 Å². The predicted octanol–water partition coefficient (Wildman–Crippen LogP) is 1.69. The van der Waals surface area contributed by atoms with Crippen LogP contribution in [0.3, 0.4) is 0 Å². The van der Waals surface area contributed by atoms with Crippen LogP contribution < -0.4 is 5.32 Å². The number of hydrogen-bond donors (Lipinski definition) is 1. The van der Waals surface area contributed by atoms with Crippen LogP contribution in [-0.2, 0) is 26.2 Å². The Labute approximate surface area is 181 Å². The second kappa shape index (κ2) is 8.89. The molecule has 0 spiro atoms. The Hall–Kier alpha value is -3.20. The molecule has 8 nitrogen and oxygen atoms in total. The molecule has 0 radical (unpaired) electrons. The standard InChI is InChI=1S/C22H25N3O5S/c1-4-18(21(27)23-3)24(13-16-10-6-5-9-15(16)2)20(26)14-25-22(28)17-11-7-8-12-19(17)31(25,29)30/h5-12,18H,4,13-14H2,1-3H3,(H,23,27). The number of benzene rings is 2. The van der Waals surface area contributed by atoms with Gasteiger partial charge in [-0.3, -0.25) is 14.4 Å². The number of aryl methyl sites for hydroxylation is 1. The number of nitrogens with zero attached hydrogens (tertiary/aromatic N) is 2. The molecule has 1 aliphatic heterocycles. The van der Waals surface area contributed by atoms with Gasteiger partial charge in [0.1, 0.15) is 17.5 Å². The van der Waals surface area contributed by atoms with Crippen molar-refractivity contribution in [1.29, 1.82) is 0 Å². The van der Waals surface area contributed by atoms with Crippen molar-refractivity contribution < 1.29 is 22.8 Å². The van der Waals surface area contributed by atoms with Gasteiger partial charge in [0.15, 0.2) is 0 Å². The van der Waals surface area contributed by atoms with E-state index < -0.39 is 34.4 Å². The highest BCUT2D eigenvalue weighted by Crippen LogP contribution is 2.30. The third-order valence-corrected chi connectivity index (χ3v) is 7.21. The number of fused-ring (bicyclic) bond motifs is 1. The van der Waals surface area contributed by atoms with E-state index in [4.69, 9.17) is 0 Å². The summed E-state index contributed by atoms with van der Waals surface area (Å²) in [5.74, 6) is -1.72. The number of sulfonamides is 1. The third kappa shape index (κ3) is 4.18. The highest BCUT2D eigenvalue weighted by atomic mass is 32.2. The summed E-state index contributed by atoms with van der Waals surface area (Å²) in [6.07, 6.45) is 0.332. The topological polar surface area (TPSA) is 104 Å². The molecule has 31 heavy (non-hydrogen) atoms. The molecule has 0 saturated carbocycles. The quantitative estimate of drug-likeness (QED) is 0.701. The maximum absolute atomic E-state index is 13.3. The zero-order chi connectivity index (χ0) is 22.8. The molecule has 0 saturated heterocycles. The van der Waals surface area contributed by atoms with Crippen molar-refractivity contribution in [3.63, 3.8) is 0 Å². The number of nitrogens with one attached hydrogen (secondary N) is 1. The van der Waals surface area contributed by atoms with Crippen LogP contribution in [0, 0.1) is 6.92 Å². The van der Waals surface area contributed by atoms with Crippen LogP contribution in [-0.4, -0.2) is 55.0 Å². The van der Waals surface area contributed by atoms with Crippen LogP contribution in [0.1, 0.15) is 34.8 Å². The molecular weight excluding hydrogens is 418 g/mol. The van der Waals surface area contributed by atoms with E-state index in [9.17, 15) is 22.8 Å². The van der Waals surface area contributed by atoms with Crippen LogP contribution in [0.25, 0.3) is 0 Å². The summed E-state index contributed by atoms with van der Waals surface area (Å²) in [5.41, 5.74) is 1.81. The van der Waals surface area contributed by atoms with E-state index in [0.29, 0.717) is 10.7 Å². The second-order valence-electron chi connectivity index (χ2n) is 7.30. The monoisotopic (exact) mass is 443 g/mol. The zero-order valence-corrected chi connectivity index (χ0v) is 18.5. The third-order valence-electron chi connectivity index (χ3n) is 5.43. The summed E-state index contributed by atoms with van der Waals surface area (Å²) in [6, 6.07) is 12.5. The maximum Gasteiger partial charge on any atom is 0.269 e. The van der Waals surface area contributed by atoms with Crippen LogP contribution in [0.5, 0.6) is 0 Å². The normalized spacial score (nSPS) is 15.3. The molecule has 1 heterocycles. The molecule has 0 fully saturated rings. The average Bonchev–Trinajstić information content (AvgIpc) is 2.95. The summed E-state index contributed by atoms with van der Waals surface area (Å²) in [4.78, 5) is 39.7. The number of rotatable bonds is 7. The Balaban J connectivity index is 1.94. The average molecular weight is 444 g/mol. The van der Waals surface area contributed by atoms with Crippen molar-refractivity contribution in [1.82, 2.24) is 14.5 Å². The smallest absolute Gasteiger partial charge is 0.269 e. The highest BCUT2D eigenvalue weighted by molar-refractivity contribution is 7.90. The fraction of sp³-hybridized carbons (Fsp3) is 0.318. The van der Waals surface area contributed by atoms with Gasteiger partial charge in [-0.15, -0.1) is 0 Å². The van der Waals surface area contributed by atoms with Crippen LogP contribution >= 0.6 is 0 Å². The Bertz CT molecular complexity index is 1130. The lowest BCUT2D eigenvalue weighted by atomic mass is 10.1. The molecule has 164 valence electrons. The lowest BCUT2D eigenvalue weighted by Gasteiger charge is -2.31. The van der Waals surface area contributed by atoms with Crippen LogP contribution in [0.4, 0.5) is 0 Å². The van der Waals surface area contributed by atoms with Gasteiger partial charge in [-0.05, 0) is 36.6 Å². The molecule has 1 unspecified atom stereocenters. The van der Waals surface area contributed by atoms with Crippen molar-refractivity contribution in [2.45, 2.75) is 37.8 Å². The fourth-order valence-corrected chi connectivity index (χ4v) is 5.18.